The van der Waals surface area contributed by atoms with Gasteiger partial charge >= 0.3 is 0 Å². The maximum atomic E-state index is 6.09. The predicted octanol–water partition coefficient (Wildman–Crippen LogP) is 12.4. The highest BCUT2D eigenvalue weighted by molar-refractivity contribution is 6.32. The van der Waals surface area contributed by atoms with Crippen molar-refractivity contribution in [3.63, 3.8) is 0 Å². The number of hydrogen-bond acceptors (Lipinski definition) is 2. The third kappa shape index (κ3) is 13.1. The van der Waals surface area contributed by atoms with Gasteiger partial charge in [-0.15, -0.1) is 0 Å². The second-order valence-electron chi connectivity index (χ2n) is 13.4. The van der Waals surface area contributed by atoms with Gasteiger partial charge in [0.15, 0.2) is 0 Å². The zero-order valence-electron chi connectivity index (χ0n) is 29.9. The van der Waals surface area contributed by atoms with Crippen molar-refractivity contribution in [2.75, 3.05) is 19.6 Å². The zero-order chi connectivity index (χ0) is 33.2. The van der Waals surface area contributed by atoms with Gasteiger partial charge in [-0.25, -0.2) is 0 Å². The summed E-state index contributed by atoms with van der Waals surface area (Å²) in [5, 5.41) is 4.23. The summed E-state index contributed by atoms with van der Waals surface area (Å²) in [7, 11) is 0. The normalized spacial score (nSPS) is 24.4. The van der Waals surface area contributed by atoms with Crippen LogP contribution in [0.2, 0.25) is 0 Å². The van der Waals surface area contributed by atoms with Gasteiger partial charge < -0.3 is 10.2 Å². The summed E-state index contributed by atoms with van der Waals surface area (Å²) in [4.78, 5) is 2.54. The number of piperidine rings is 1. The summed E-state index contributed by atoms with van der Waals surface area (Å²) in [6.07, 6.45) is 24.9. The molecule has 250 valence electrons. The lowest BCUT2D eigenvalue weighted by molar-refractivity contribution is 0.221. The van der Waals surface area contributed by atoms with Gasteiger partial charge in [-0.2, -0.15) is 0 Å². The monoisotopic (exact) mass is 632 g/mol. The first kappa shape index (κ1) is 38.7. The Morgan fingerprint density at radius 2 is 1.49 bits per heavy atom. The molecule has 3 heteroatoms. The number of allylic oxidation sites excluding steroid dienone is 9. The fourth-order valence-electron chi connectivity index (χ4n) is 6.23. The molecule has 1 aliphatic heterocycles. The Morgan fingerprint density at radius 3 is 2.09 bits per heavy atom. The molecule has 0 amide bonds. The largest absolute Gasteiger partial charge is 0.388 e. The van der Waals surface area contributed by atoms with Crippen LogP contribution < -0.4 is 5.32 Å². The fraction of sp³-hybridized carbons (Fsp3) is 0.571. The van der Waals surface area contributed by atoms with Crippen LogP contribution in [0.4, 0.5) is 0 Å². The zero-order valence-corrected chi connectivity index (χ0v) is 30.6. The Bertz CT molecular complexity index is 1140. The van der Waals surface area contributed by atoms with Gasteiger partial charge in [-0.1, -0.05) is 159 Å². The minimum Gasteiger partial charge on any atom is -0.388 e. The number of hydrogen-bond donors (Lipinski definition) is 1. The Kier molecular flexibility index (Phi) is 18.4. The lowest BCUT2D eigenvalue weighted by Crippen LogP contribution is -2.35. The first-order chi connectivity index (χ1) is 21.6. The lowest BCUT2D eigenvalue weighted by Gasteiger charge is -2.39. The standard InChI is InChI=1S/C23H31N.C13H20ClN.C6H14/c1-17-13-15-24(16-14-17)20(4)23-19(3)10-6-5-9-18(2)21-11-7-8-12-22(21)23;1-4-5-8-15-11(3)12-7-6-10(2)13(14)9-12;1-3-5-6-4-2/h5-12,17-19,23H,4,13-16H2,1-3H3;6,9,12,15H,3-5,7-8H2,1-2H3;3-6H2,1-2H3/b9-5-,10-6-;;. The minimum atomic E-state index is 0.359. The van der Waals surface area contributed by atoms with Crippen LogP contribution in [-0.2, 0) is 0 Å². The minimum absolute atomic E-state index is 0.359. The Morgan fingerprint density at radius 1 is 0.889 bits per heavy atom. The Balaban J connectivity index is 0.000000286. The summed E-state index contributed by atoms with van der Waals surface area (Å²) in [5.41, 5.74) is 6.47. The van der Waals surface area contributed by atoms with Gasteiger partial charge in [0.05, 0.1) is 0 Å². The molecule has 1 saturated heterocycles. The van der Waals surface area contributed by atoms with Crippen LogP contribution in [0.15, 0.2) is 95.9 Å². The third-order valence-electron chi connectivity index (χ3n) is 9.51. The van der Waals surface area contributed by atoms with E-state index < -0.39 is 0 Å². The van der Waals surface area contributed by atoms with Crippen molar-refractivity contribution in [2.24, 2.45) is 17.8 Å². The first-order valence-corrected chi connectivity index (χ1v) is 18.4. The van der Waals surface area contributed by atoms with Crippen LogP contribution in [-0.4, -0.2) is 24.5 Å². The van der Waals surface area contributed by atoms with Crippen molar-refractivity contribution in [3.8, 4) is 0 Å². The van der Waals surface area contributed by atoms with Crippen molar-refractivity contribution >= 4 is 11.6 Å². The van der Waals surface area contributed by atoms with Gasteiger partial charge in [0.25, 0.3) is 0 Å². The molecule has 4 rings (SSSR count). The molecule has 2 nitrogen and oxygen atoms in total. The quantitative estimate of drug-likeness (QED) is 0.258. The molecule has 3 aliphatic rings. The van der Waals surface area contributed by atoms with Gasteiger partial charge in [0, 0.05) is 47.9 Å². The van der Waals surface area contributed by atoms with E-state index in [1.165, 1.54) is 73.8 Å². The summed E-state index contributed by atoms with van der Waals surface area (Å²) in [6, 6.07) is 8.96. The maximum Gasteiger partial charge on any atom is 0.0398 e. The molecule has 0 bridgehead atoms. The van der Waals surface area contributed by atoms with Crippen molar-refractivity contribution in [1.82, 2.24) is 10.2 Å². The van der Waals surface area contributed by atoms with Gasteiger partial charge in [0.2, 0.25) is 0 Å². The average Bonchev–Trinajstić information content (AvgIpc) is 3.10. The number of nitrogens with one attached hydrogen (secondary N) is 1. The number of fused-ring (bicyclic) bond motifs is 1. The van der Waals surface area contributed by atoms with Crippen molar-refractivity contribution in [1.29, 1.82) is 0 Å². The molecule has 1 heterocycles. The molecule has 1 aromatic carbocycles. The maximum absolute atomic E-state index is 6.09. The van der Waals surface area contributed by atoms with E-state index in [1.54, 1.807) is 0 Å². The van der Waals surface area contributed by atoms with Crippen LogP contribution in [0, 0.1) is 17.8 Å². The number of unbranched alkanes of at least 4 members (excludes halogenated alkanes) is 4. The SMILES string of the molecule is C=C(C1c2ccccc2C(C)/C=C\C=C/C1C)N1CCC(C)CC1.C=C(NCCCC)C1C=C(Cl)C(C)=CC1.CCCCCC. The summed E-state index contributed by atoms with van der Waals surface area (Å²) in [6.45, 7) is 27.7. The van der Waals surface area contributed by atoms with Crippen LogP contribution in [0.25, 0.3) is 0 Å². The predicted molar refractivity (Wildman–Crippen MR) is 202 cm³/mol. The molecule has 0 spiro atoms. The van der Waals surface area contributed by atoms with Crippen molar-refractivity contribution in [3.05, 3.63) is 107 Å². The highest BCUT2D eigenvalue weighted by Crippen LogP contribution is 2.40. The molecule has 4 unspecified atom stereocenters. The van der Waals surface area contributed by atoms with E-state index in [0.29, 0.717) is 23.7 Å². The van der Waals surface area contributed by atoms with Gasteiger partial charge in [0.1, 0.15) is 0 Å². The van der Waals surface area contributed by atoms with Crippen molar-refractivity contribution < 1.29 is 0 Å². The summed E-state index contributed by atoms with van der Waals surface area (Å²) in [5.74, 6) is 2.47. The molecule has 45 heavy (non-hydrogen) atoms. The van der Waals surface area contributed by atoms with E-state index in [1.807, 2.05) is 6.92 Å². The Hall–Kier alpha value is -2.45. The second kappa shape index (κ2) is 21.4. The van der Waals surface area contributed by atoms with Crippen LogP contribution in [0.1, 0.15) is 129 Å². The number of rotatable bonds is 10. The van der Waals surface area contributed by atoms with Gasteiger partial charge in [-0.3, -0.25) is 0 Å². The highest BCUT2D eigenvalue weighted by atomic mass is 35.5. The molecule has 4 atom stereocenters. The fourth-order valence-corrected chi connectivity index (χ4v) is 6.46. The van der Waals surface area contributed by atoms with Crippen LogP contribution in [0.5, 0.6) is 0 Å². The number of likely N-dealkylation sites (tertiary alicyclic amines) is 1. The average molecular weight is 633 g/mol. The molecule has 1 aromatic rings. The number of nitrogens with zero attached hydrogens (tertiary/aromatic N) is 1. The molecule has 0 saturated carbocycles. The van der Waals surface area contributed by atoms with E-state index in [0.717, 1.165) is 42.7 Å². The molecule has 0 radical (unpaired) electrons. The van der Waals surface area contributed by atoms with Crippen LogP contribution >= 0.6 is 11.6 Å². The van der Waals surface area contributed by atoms with Crippen molar-refractivity contribution in [2.45, 2.75) is 118 Å². The third-order valence-corrected chi connectivity index (χ3v) is 9.94. The van der Waals surface area contributed by atoms with E-state index in [4.69, 9.17) is 11.6 Å². The molecule has 1 fully saturated rings. The Labute approximate surface area is 283 Å². The lowest BCUT2D eigenvalue weighted by atomic mass is 9.79. The van der Waals surface area contributed by atoms with E-state index in [-0.39, 0.29) is 0 Å². The molecule has 2 aliphatic carbocycles. The second-order valence-corrected chi connectivity index (χ2v) is 13.8. The molecular formula is C42H65ClN2. The first-order valence-electron chi connectivity index (χ1n) is 18.0. The summed E-state index contributed by atoms with van der Waals surface area (Å²) >= 11 is 6.09. The topological polar surface area (TPSA) is 15.3 Å². The molecule has 1 N–H and O–H groups in total. The smallest absolute Gasteiger partial charge is 0.0398 e. The number of halogens is 1. The molecule has 0 aromatic heterocycles. The van der Waals surface area contributed by atoms with E-state index >= 15 is 0 Å². The van der Waals surface area contributed by atoms with Gasteiger partial charge in [-0.05, 0) is 67.1 Å². The van der Waals surface area contributed by atoms with E-state index in [2.05, 4.69) is 126 Å². The molecular weight excluding hydrogens is 568 g/mol. The highest BCUT2D eigenvalue weighted by Gasteiger charge is 2.29. The number of benzene rings is 1. The van der Waals surface area contributed by atoms with Crippen LogP contribution in [0.3, 0.4) is 0 Å². The van der Waals surface area contributed by atoms with E-state index in [9.17, 15) is 0 Å². The summed E-state index contributed by atoms with van der Waals surface area (Å²) < 4.78 is 0.